The summed E-state index contributed by atoms with van der Waals surface area (Å²) in [5.41, 5.74) is 9.74. The number of nitro groups is 2. The summed E-state index contributed by atoms with van der Waals surface area (Å²) in [7, 11) is 0. The first-order valence-corrected chi connectivity index (χ1v) is 15.9. The number of nitrogens with two attached hydrogens (primary N) is 1. The number of hydrogen-bond donors (Lipinski definition) is 2. The number of benzene rings is 3. The second kappa shape index (κ2) is 20.3. The number of carbonyl (C=O) groups excluding carboxylic acids is 3. The van der Waals surface area contributed by atoms with Gasteiger partial charge in [0.15, 0.2) is 0 Å². The van der Waals surface area contributed by atoms with E-state index in [4.69, 9.17) is 19.9 Å². The van der Waals surface area contributed by atoms with Gasteiger partial charge >= 0.3 is 12.2 Å². The van der Waals surface area contributed by atoms with Gasteiger partial charge in [0.1, 0.15) is 6.61 Å². The minimum Gasteiger partial charge on any atom is -0.449 e. The summed E-state index contributed by atoms with van der Waals surface area (Å²) in [6.45, 7) is 7.48. The smallest absolute Gasteiger partial charge is 0.414 e. The molecule has 0 radical (unpaired) electrons. The summed E-state index contributed by atoms with van der Waals surface area (Å²) in [6.07, 6.45) is 0.972. The number of carbonyl (C=O) groups is 3. The van der Waals surface area contributed by atoms with E-state index >= 15 is 0 Å². The van der Waals surface area contributed by atoms with E-state index in [1.807, 2.05) is 19.1 Å². The predicted molar refractivity (Wildman–Crippen MR) is 194 cm³/mol. The zero-order valence-corrected chi connectivity index (χ0v) is 28.6. The molecule has 3 N–H and O–H groups in total. The number of morpholine rings is 1. The van der Waals surface area contributed by atoms with Crippen LogP contribution in [0.15, 0.2) is 65.1 Å². The van der Waals surface area contributed by atoms with E-state index in [9.17, 15) is 34.6 Å². The quantitative estimate of drug-likeness (QED) is 0.165. The standard InChI is InChI=1S/C11H12N2O4.C11H14N2O2.C6H4BrNO2.C4H7NO2.CH4.H2/c1-8-7-9(13(15)16)3-4-10(8)12-5-2-6-17-11(12)14;1-8-7-9(12)3-4-10(8)13-5-2-6-15-11(13)14;7-5-1-3-6(4-2-5)8(9)10;6-4-3-7-2-1-5-4;;/h3-4,7H,2,5-6H2,1H3;3-4,7H,2,5-6,12H2,1H3;1-4H;1-3H2,(H,5,6);1H4;1H. The highest BCUT2D eigenvalue weighted by atomic mass is 79.9. The fourth-order valence-electron chi connectivity index (χ4n) is 4.62. The molecule has 0 atom stereocenters. The molecule has 272 valence electrons. The SMILES string of the molecule is C.Cc1cc(N)ccc1N1CCCOC1=O.Cc1cc([N+](=O)[O-])ccc1N1CCCOC1=O.O=C1COCCN1.O=[N+]([O-])c1ccc(Br)cc1.[HH]. The Labute approximate surface area is 299 Å². The molecule has 3 aromatic rings. The third kappa shape index (κ3) is 12.6. The van der Waals surface area contributed by atoms with E-state index in [0.29, 0.717) is 56.4 Å². The molecule has 50 heavy (non-hydrogen) atoms. The van der Waals surface area contributed by atoms with Gasteiger partial charge in [-0.05, 0) is 74.2 Å². The summed E-state index contributed by atoms with van der Waals surface area (Å²) in [6, 6.07) is 16.1. The molecule has 16 nitrogen and oxygen atoms in total. The molecule has 3 aromatic carbocycles. The molecule has 17 heteroatoms. The van der Waals surface area contributed by atoms with Gasteiger partial charge in [-0.3, -0.25) is 34.8 Å². The summed E-state index contributed by atoms with van der Waals surface area (Å²) in [5, 5.41) is 23.3. The minimum absolute atomic E-state index is 0. The van der Waals surface area contributed by atoms with Crippen LogP contribution in [0.5, 0.6) is 0 Å². The molecule has 0 bridgehead atoms. The number of nitrogens with zero attached hydrogens (tertiary/aromatic N) is 4. The van der Waals surface area contributed by atoms with E-state index in [-0.39, 0.29) is 38.8 Å². The van der Waals surface area contributed by atoms with E-state index in [0.717, 1.165) is 28.6 Å². The summed E-state index contributed by atoms with van der Waals surface area (Å²) >= 11 is 3.17. The predicted octanol–water partition coefficient (Wildman–Crippen LogP) is 6.55. The Morgan fingerprint density at radius 2 is 1.28 bits per heavy atom. The fraction of sp³-hybridized carbons (Fsp3) is 0.364. The summed E-state index contributed by atoms with van der Waals surface area (Å²) in [5.74, 6) is -0.00810. The molecule has 3 aliphatic rings. The number of amides is 3. The van der Waals surface area contributed by atoms with Crippen molar-refractivity contribution in [1.29, 1.82) is 0 Å². The highest BCUT2D eigenvalue weighted by Crippen LogP contribution is 2.27. The zero-order chi connectivity index (χ0) is 35.9. The normalized spacial score (nSPS) is 15.1. The Bertz CT molecular complexity index is 1640. The first kappa shape index (κ1) is 40.9. The molecule has 6 rings (SSSR count). The Kier molecular flexibility index (Phi) is 16.6. The number of anilines is 3. The Morgan fingerprint density at radius 3 is 1.68 bits per heavy atom. The van der Waals surface area contributed by atoms with Crippen LogP contribution in [0.25, 0.3) is 0 Å². The van der Waals surface area contributed by atoms with Crippen LogP contribution in [0.1, 0.15) is 32.8 Å². The highest BCUT2D eigenvalue weighted by Gasteiger charge is 2.24. The molecule has 3 aliphatic heterocycles. The first-order valence-electron chi connectivity index (χ1n) is 15.1. The lowest BCUT2D eigenvalue weighted by Gasteiger charge is -2.27. The second-order valence-corrected chi connectivity index (χ2v) is 11.6. The van der Waals surface area contributed by atoms with Gasteiger partial charge in [-0.15, -0.1) is 0 Å². The van der Waals surface area contributed by atoms with Gasteiger partial charge in [0, 0.05) is 55.5 Å². The molecule has 3 saturated heterocycles. The van der Waals surface area contributed by atoms with Crippen molar-refractivity contribution in [3.05, 3.63) is 96.5 Å². The topological polar surface area (TPSA) is 210 Å². The average Bonchev–Trinajstić information content (AvgIpc) is 3.07. The van der Waals surface area contributed by atoms with Crippen molar-refractivity contribution in [3.63, 3.8) is 0 Å². The van der Waals surface area contributed by atoms with Crippen molar-refractivity contribution < 1.29 is 39.9 Å². The number of hydrogen-bond acceptors (Lipinski definition) is 11. The molecular weight excluding hydrogens is 720 g/mol. The molecule has 0 saturated carbocycles. The lowest BCUT2D eigenvalue weighted by molar-refractivity contribution is -0.385. The van der Waals surface area contributed by atoms with Crippen molar-refractivity contribution in [2.24, 2.45) is 0 Å². The van der Waals surface area contributed by atoms with Crippen molar-refractivity contribution in [2.75, 3.05) is 61.6 Å². The van der Waals surface area contributed by atoms with Crippen molar-refractivity contribution in [3.8, 4) is 0 Å². The van der Waals surface area contributed by atoms with Crippen LogP contribution in [0.4, 0.5) is 38.0 Å². The van der Waals surface area contributed by atoms with Crippen molar-refractivity contribution in [1.82, 2.24) is 5.32 Å². The summed E-state index contributed by atoms with van der Waals surface area (Å²) < 4.78 is 15.5. The van der Waals surface area contributed by atoms with Gasteiger partial charge in [0.2, 0.25) is 5.91 Å². The number of nitrogen functional groups attached to an aromatic ring is 1. The second-order valence-electron chi connectivity index (χ2n) is 10.6. The number of halogens is 1. The van der Waals surface area contributed by atoms with Crippen LogP contribution in [0.2, 0.25) is 0 Å². The molecule has 0 aliphatic carbocycles. The third-order valence-corrected chi connectivity index (χ3v) is 7.51. The minimum atomic E-state index is -0.453. The molecular formula is C33H43BrN6O10. The van der Waals surface area contributed by atoms with Crippen LogP contribution in [0, 0.1) is 34.1 Å². The van der Waals surface area contributed by atoms with E-state index in [2.05, 4.69) is 21.2 Å². The zero-order valence-electron chi connectivity index (χ0n) is 27.0. The number of nitrogens with one attached hydrogen (secondary N) is 1. The molecule has 3 amide bonds. The van der Waals surface area contributed by atoms with Crippen LogP contribution in [-0.2, 0) is 19.0 Å². The Balaban J connectivity index is 0.000000351. The number of ether oxygens (including phenoxy) is 3. The Hall–Kier alpha value is -5.29. The van der Waals surface area contributed by atoms with Crippen LogP contribution in [-0.4, -0.2) is 74.0 Å². The lowest BCUT2D eigenvalue weighted by Crippen LogP contribution is -2.38. The molecule has 0 spiro atoms. The van der Waals surface area contributed by atoms with Crippen LogP contribution < -0.4 is 20.9 Å². The average molecular weight is 764 g/mol. The maximum absolute atomic E-state index is 11.5. The third-order valence-electron chi connectivity index (χ3n) is 6.98. The van der Waals surface area contributed by atoms with Crippen molar-refractivity contribution in [2.45, 2.75) is 34.1 Å². The molecule has 3 fully saturated rings. The number of rotatable bonds is 4. The van der Waals surface area contributed by atoms with E-state index in [1.165, 1.54) is 29.2 Å². The van der Waals surface area contributed by atoms with E-state index in [1.54, 1.807) is 36.1 Å². The van der Waals surface area contributed by atoms with Crippen molar-refractivity contribution >= 4 is 62.5 Å². The van der Waals surface area contributed by atoms with Gasteiger partial charge < -0.3 is 25.3 Å². The number of cyclic esters (lactones) is 2. The Morgan fingerprint density at radius 1 is 0.780 bits per heavy atom. The number of aryl methyl sites for hydroxylation is 2. The maximum Gasteiger partial charge on any atom is 0.414 e. The van der Waals surface area contributed by atoms with Gasteiger partial charge in [-0.1, -0.05) is 23.4 Å². The fourth-order valence-corrected chi connectivity index (χ4v) is 4.88. The van der Waals surface area contributed by atoms with Crippen LogP contribution in [0.3, 0.4) is 0 Å². The first-order chi connectivity index (χ1) is 23.4. The molecule has 0 unspecified atom stereocenters. The highest BCUT2D eigenvalue weighted by molar-refractivity contribution is 9.10. The van der Waals surface area contributed by atoms with Crippen LogP contribution >= 0.6 is 15.9 Å². The molecule has 3 heterocycles. The monoisotopic (exact) mass is 762 g/mol. The van der Waals surface area contributed by atoms with Gasteiger partial charge in [-0.25, -0.2) is 9.59 Å². The number of non-ortho nitro benzene ring substituents is 2. The van der Waals surface area contributed by atoms with Gasteiger partial charge in [0.25, 0.3) is 11.4 Å². The molecule has 0 aromatic heterocycles. The van der Waals surface area contributed by atoms with Gasteiger partial charge in [0.05, 0.1) is 41.0 Å². The number of nitro benzene ring substituents is 2. The summed E-state index contributed by atoms with van der Waals surface area (Å²) in [4.78, 5) is 56.3. The van der Waals surface area contributed by atoms with E-state index < -0.39 is 15.9 Å². The van der Waals surface area contributed by atoms with Gasteiger partial charge in [-0.2, -0.15) is 0 Å². The maximum atomic E-state index is 11.5. The lowest BCUT2D eigenvalue weighted by atomic mass is 10.1. The largest absolute Gasteiger partial charge is 0.449 e.